The molecule has 0 unspecified atom stereocenters. The number of amides is 1. The van der Waals surface area contributed by atoms with Crippen LogP contribution in [0.3, 0.4) is 0 Å². The molecule has 1 saturated heterocycles. The van der Waals surface area contributed by atoms with Crippen molar-refractivity contribution in [3.63, 3.8) is 0 Å². The van der Waals surface area contributed by atoms with Gasteiger partial charge in [-0.3, -0.25) is 19.6 Å². The molecule has 1 atom stereocenters. The number of carbonyl (C=O) groups excluding carboxylic acids is 1. The summed E-state index contributed by atoms with van der Waals surface area (Å²) in [5.41, 5.74) is -0.159. The van der Waals surface area contributed by atoms with Gasteiger partial charge < -0.3 is 10.0 Å². The molecule has 1 aromatic heterocycles. The lowest BCUT2D eigenvalue weighted by Crippen LogP contribution is -2.41. The molecule has 126 valence electrons. The Morgan fingerprint density at radius 1 is 1.46 bits per heavy atom. The first-order valence-corrected chi connectivity index (χ1v) is 7.65. The van der Waals surface area contributed by atoms with Crippen LogP contribution in [0, 0.1) is 16.0 Å². The van der Waals surface area contributed by atoms with Crippen molar-refractivity contribution in [2.45, 2.75) is 19.4 Å². The zero-order chi connectivity index (χ0) is 17.1. The van der Waals surface area contributed by atoms with Crippen LogP contribution in [0.4, 0.5) is 5.69 Å². The number of rotatable bonds is 4. The summed E-state index contributed by atoms with van der Waals surface area (Å²) in [6, 6.07) is 3.68. The molecule has 0 radical (unpaired) electrons. The van der Waals surface area contributed by atoms with Crippen molar-refractivity contribution in [3.8, 4) is 5.75 Å². The Morgan fingerprint density at radius 3 is 2.96 bits per heavy atom. The smallest absolute Gasteiger partial charge is 0.310 e. The predicted octanol–water partition coefficient (Wildman–Crippen LogP) is 1.44. The average Bonchev–Trinajstić information content (AvgIpc) is 3.07. The van der Waals surface area contributed by atoms with Crippen LogP contribution in [-0.4, -0.2) is 48.9 Å². The molecule has 2 aromatic rings. The van der Waals surface area contributed by atoms with E-state index in [1.54, 1.807) is 22.0 Å². The fraction of sp³-hybridized carbons (Fsp3) is 0.400. The van der Waals surface area contributed by atoms with E-state index in [4.69, 9.17) is 0 Å². The number of carbonyl (C=O) groups is 1. The number of hydrogen-bond donors (Lipinski definition) is 1. The summed E-state index contributed by atoms with van der Waals surface area (Å²) < 4.78 is 1.75. The highest BCUT2D eigenvalue weighted by molar-refractivity contribution is 5.95. The summed E-state index contributed by atoms with van der Waals surface area (Å²) in [6.07, 6.45) is 5.28. The first-order valence-electron chi connectivity index (χ1n) is 7.65. The highest BCUT2D eigenvalue weighted by atomic mass is 16.6. The third-order valence-corrected chi connectivity index (χ3v) is 4.14. The van der Waals surface area contributed by atoms with Gasteiger partial charge in [-0.15, -0.1) is 5.10 Å². The van der Waals surface area contributed by atoms with E-state index in [0.717, 1.165) is 25.0 Å². The number of piperidine rings is 1. The summed E-state index contributed by atoms with van der Waals surface area (Å²) in [6.45, 7) is 1.90. The summed E-state index contributed by atoms with van der Waals surface area (Å²) in [4.78, 5) is 24.4. The summed E-state index contributed by atoms with van der Waals surface area (Å²) in [5, 5.41) is 28.2. The van der Waals surface area contributed by atoms with Crippen LogP contribution in [0.1, 0.15) is 23.2 Å². The minimum Gasteiger partial charge on any atom is -0.502 e. The molecule has 0 spiro atoms. The number of nitrogens with zero attached hydrogens (tertiary/aromatic N) is 5. The highest BCUT2D eigenvalue weighted by Crippen LogP contribution is 2.27. The number of phenolic OH excluding ortho intramolecular Hbond substituents is 1. The van der Waals surface area contributed by atoms with E-state index >= 15 is 0 Å². The van der Waals surface area contributed by atoms with E-state index in [9.17, 15) is 20.0 Å². The first-order chi connectivity index (χ1) is 11.5. The number of hydrogen-bond acceptors (Lipinski definition) is 6. The third kappa shape index (κ3) is 3.34. The van der Waals surface area contributed by atoms with Crippen LogP contribution in [0.15, 0.2) is 30.6 Å². The van der Waals surface area contributed by atoms with Crippen molar-refractivity contribution in [2.24, 2.45) is 5.92 Å². The van der Waals surface area contributed by atoms with Crippen LogP contribution in [0.2, 0.25) is 0 Å². The average molecular weight is 331 g/mol. The van der Waals surface area contributed by atoms with E-state index in [0.29, 0.717) is 19.6 Å². The molecule has 9 nitrogen and oxygen atoms in total. The molecular formula is C15H17N5O4. The van der Waals surface area contributed by atoms with Gasteiger partial charge in [0.25, 0.3) is 5.91 Å². The molecule has 1 aliphatic heterocycles. The Labute approximate surface area is 137 Å². The molecule has 1 fully saturated rings. The molecule has 9 heteroatoms. The maximum atomic E-state index is 12.6. The molecule has 0 aliphatic carbocycles. The van der Waals surface area contributed by atoms with Gasteiger partial charge in [0, 0.05) is 37.5 Å². The van der Waals surface area contributed by atoms with Crippen LogP contribution in [0.25, 0.3) is 0 Å². The van der Waals surface area contributed by atoms with E-state index in [-0.39, 0.29) is 17.4 Å². The quantitative estimate of drug-likeness (QED) is 0.670. The Bertz CT molecular complexity index is 746. The fourth-order valence-electron chi connectivity index (χ4n) is 2.99. The molecule has 3 rings (SSSR count). The van der Waals surface area contributed by atoms with Crippen LogP contribution >= 0.6 is 0 Å². The molecule has 0 bridgehead atoms. The van der Waals surface area contributed by atoms with Crippen molar-refractivity contribution in [1.29, 1.82) is 0 Å². The normalized spacial score (nSPS) is 17.7. The van der Waals surface area contributed by atoms with Crippen LogP contribution in [0.5, 0.6) is 5.75 Å². The second-order valence-corrected chi connectivity index (χ2v) is 5.85. The number of aromatic hydroxyl groups is 1. The molecule has 1 aromatic carbocycles. The lowest BCUT2D eigenvalue weighted by molar-refractivity contribution is -0.385. The van der Waals surface area contributed by atoms with Gasteiger partial charge in [0.15, 0.2) is 5.75 Å². The number of nitro benzene ring substituents is 1. The SMILES string of the molecule is O=C(c1ccc([N+](=O)[O-])c(O)c1)N1CCC[C@@H](Cn2ccnn2)C1. The van der Waals surface area contributed by atoms with Gasteiger partial charge >= 0.3 is 5.69 Å². The van der Waals surface area contributed by atoms with E-state index < -0.39 is 16.4 Å². The Hall–Kier alpha value is -2.97. The molecule has 24 heavy (non-hydrogen) atoms. The van der Waals surface area contributed by atoms with Gasteiger partial charge in [-0.05, 0) is 30.9 Å². The molecule has 0 saturated carbocycles. The molecule has 1 amide bonds. The number of likely N-dealkylation sites (tertiary alicyclic amines) is 1. The Balaban J connectivity index is 1.70. The Kier molecular flexibility index (Phi) is 4.41. The van der Waals surface area contributed by atoms with Crippen molar-refractivity contribution in [1.82, 2.24) is 19.9 Å². The lowest BCUT2D eigenvalue weighted by atomic mass is 9.97. The minimum atomic E-state index is -0.682. The van der Waals surface area contributed by atoms with Crippen molar-refractivity contribution >= 4 is 11.6 Å². The van der Waals surface area contributed by atoms with Gasteiger partial charge in [-0.25, -0.2) is 0 Å². The monoisotopic (exact) mass is 331 g/mol. The van der Waals surface area contributed by atoms with Gasteiger partial charge in [0.05, 0.1) is 11.1 Å². The number of phenols is 1. The van der Waals surface area contributed by atoms with Crippen molar-refractivity contribution in [3.05, 3.63) is 46.3 Å². The van der Waals surface area contributed by atoms with Gasteiger partial charge in [0.2, 0.25) is 0 Å². The fourth-order valence-corrected chi connectivity index (χ4v) is 2.99. The van der Waals surface area contributed by atoms with E-state index in [1.807, 2.05) is 0 Å². The molecular weight excluding hydrogens is 314 g/mol. The van der Waals surface area contributed by atoms with Crippen LogP contribution < -0.4 is 0 Å². The largest absolute Gasteiger partial charge is 0.502 e. The minimum absolute atomic E-state index is 0.233. The second kappa shape index (κ2) is 6.65. The first kappa shape index (κ1) is 15.9. The third-order valence-electron chi connectivity index (χ3n) is 4.14. The summed E-state index contributed by atoms with van der Waals surface area (Å²) in [7, 11) is 0. The molecule has 1 N–H and O–H groups in total. The maximum absolute atomic E-state index is 12.6. The van der Waals surface area contributed by atoms with Crippen molar-refractivity contribution in [2.75, 3.05) is 13.1 Å². The van der Waals surface area contributed by atoms with Gasteiger partial charge in [0.1, 0.15) is 0 Å². The molecule has 1 aliphatic rings. The van der Waals surface area contributed by atoms with Crippen molar-refractivity contribution < 1.29 is 14.8 Å². The highest BCUT2D eigenvalue weighted by Gasteiger charge is 2.26. The van der Waals surface area contributed by atoms with Crippen LogP contribution in [-0.2, 0) is 6.54 Å². The van der Waals surface area contributed by atoms with E-state index in [2.05, 4.69) is 10.3 Å². The second-order valence-electron chi connectivity index (χ2n) is 5.85. The van der Waals surface area contributed by atoms with Gasteiger partial charge in [-0.1, -0.05) is 5.21 Å². The Morgan fingerprint density at radius 2 is 2.29 bits per heavy atom. The zero-order valence-electron chi connectivity index (χ0n) is 12.9. The molecule has 2 heterocycles. The summed E-state index contributed by atoms with van der Waals surface area (Å²) in [5.74, 6) is -0.457. The van der Waals surface area contributed by atoms with E-state index in [1.165, 1.54) is 6.07 Å². The maximum Gasteiger partial charge on any atom is 0.310 e. The zero-order valence-corrected chi connectivity index (χ0v) is 12.9. The predicted molar refractivity (Wildman–Crippen MR) is 83.4 cm³/mol. The number of aromatic nitrogens is 3. The summed E-state index contributed by atoms with van der Waals surface area (Å²) >= 11 is 0. The lowest BCUT2D eigenvalue weighted by Gasteiger charge is -2.32. The van der Waals surface area contributed by atoms with Gasteiger partial charge in [-0.2, -0.15) is 0 Å². The standard InChI is InChI=1S/C15H17N5O4/c21-14-8-12(3-4-13(14)20(23)24)15(22)18-6-1-2-11(9-18)10-19-7-5-16-17-19/h3-5,7-8,11,21H,1-2,6,9-10H2/t11-/m1/s1. The number of nitro groups is 1. The number of benzene rings is 1. The topological polar surface area (TPSA) is 114 Å².